The smallest absolute Gasteiger partial charge is 0.136 e. The van der Waals surface area contributed by atoms with Crippen LogP contribution in [-0.4, -0.2) is 19.0 Å². The average Bonchev–Trinajstić information content (AvgIpc) is 2.60. The van der Waals surface area contributed by atoms with Gasteiger partial charge in [0.2, 0.25) is 0 Å². The number of carbonyl (C=O) groups is 1. The summed E-state index contributed by atoms with van der Waals surface area (Å²) in [7, 11) is 1.70. The van der Waals surface area contributed by atoms with E-state index in [2.05, 4.69) is 12.2 Å². The zero-order chi connectivity index (χ0) is 8.72. The van der Waals surface area contributed by atoms with Gasteiger partial charge in [0.05, 0.1) is 12.0 Å². The molecule has 2 nitrogen and oxygen atoms in total. The molecule has 0 aromatic heterocycles. The van der Waals surface area contributed by atoms with Gasteiger partial charge >= 0.3 is 0 Å². The van der Waals surface area contributed by atoms with Crippen molar-refractivity contribution in [3.63, 3.8) is 0 Å². The highest BCUT2D eigenvalue weighted by atomic mass is 16.5. The summed E-state index contributed by atoms with van der Waals surface area (Å²) >= 11 is 0. The van der Waals surface area contributed by atoms with E-state index in [1.165, 1.54) is 0 Å². The number of fused-ring (bicyclic) bond motifs is 2. The van der Waals surface area contributed by atoms with Crippen LogP contribution in [0.25, 0.3) is 0 Å². The largest absolute Gasteiger partial charge is 0.380 e. The first-order valence-electron chi connectivity index (χ1n) is 4.45. The first-order valence-corrected chi connectivity index (χ1v) is 4.45. The standard InChI is InChI=1S/C10H14O2/c1-6(11)9-7-3-4-8(5-7)10(9)12-2/h3-4,7-10H,5H2,1-2H3. The monoisotopic (exact) mass is 166 g/mol. The third-order valence-electron chi connectivity index (χ3n) is 3.13. The predicted octanol–water partition coefficient (Wildman–Crippen LogP) is 1.41. The number of carbonyl (C=O) groups excluding carboxylic acids is 1. The molecule has 0 aromatic rings. The number of hydrogen-bond donors (Lipinski definition) is 0. The first kappa shape index (κ1) is 7.99. The van der Waals surface area contributed by atoms with Crippen LogP contribution in [0.3, 0.4) is 0 Å². The summed E-state index contributed by atoms with van der Waals surface area (Å²) in [5.74, 6) is 1.36. The van der Waals surface area contributed by atoms with Crippen LogP contribution in [0.4, 0.5) is 0 Å². The number of Topliss-reactive ketones (excluding diaryl/α,β-unsaturated/α-hetero) is 1. The van der Waals surface area contributed by atoms with E-state index < -0.39 is 0 Å². The molecule has 0 spiro atoms. The van der Waals surface area contributed by atoms with E-state index in [0.717, 1.165) is 6.42 Å². The molecule has 12 heavy (non-hydrogen) atoms. The Morgan fingerprint density at radius 2 is 2.08 bits per heavy atom. The van der Waals surface area contributed by atoms with E-state index >= 15 is 0 Å². The highest BCUT2D eigenvalue weighted by molar-refractivity contribution is 5.80. The van der Waals surface area contributed by atoms with E-state index in [0.29, 0.717) is 11.8 Å². The average molecular weight is 166 g/mol. The topological polar surface area (TPSA) is 26.3 Å². The van der Waals surface area contributed by atoms with Crippen molar-refractivity contribution in [2.24, 2.45) is 17.8 Å². The zero-order valence-corrected chi connectivity index (χ0v) is 7.49. The van der Waals surface area contributed by atoms with E-state index in [1.54, 1.807) is 14.0 Å². The summed E-state index contributed by atoms with van der Waals surface area (Å²) in [6, 6.07) is 0. The van der Waals surface area contributed by atoms with Crippen LogP contribution in [0.2, 0.25) is 0 Å². The van der Waals surface area contributed by atoms with E-state index in [4.69, 9.17) is 4.74 Å². The Morgan fingerprint density at radius 1 is 1.42 bits per heavy atom. The maximum atomic E-state index is 11.3. The molecule has 0 N–H and O–H groups in total. The van der Waals surface area contributed by atoms with Gasteiger partial charge in [-0.1, -0.05) is 12.2 Å². The Balaban J connectivity index is 2.23. The van der Waals surface area contributed by atoms with E-state index in [1.807, 2.05) is 0 Å². The summed E-state index contributed by atoms with van der Waals surface area (Å²) in [5.41, 5.74) is 0. The quantitative estimate of drug-likeness (QED) is 0.580. The van der Waals surface area contributed by atoms with Crippen LogP contribution in [0.1, 0.15) is 13.3 Å². The van der Waals surface area contributed by atoms with Crippen molar-refractivity contribution in [2.75, 3.05) is 7.11 Å². The van der Waals surface area contributed by atoms with Gasteiger partial charge in [-0.2, -0.15) is 0 Å². The molecule has 2 rings (SSSR count). The lowest BCUT2D eigenvalue weighted by Crippen LogP contribution is -2.31. The number of allylic oxidation sites excluding steroid dienone is 1. The van der Waals surface area contributed by atoms with Gasteiger partial charge in [-0.15, -0.1) is 0 Å². The van der Waals surface area contributed by atoms with Gasteiger partial charge in [0.25, 0.3) is 0 Å². The van der Waals surface area contributed by atoms with Crippen molar-refractivity contribution in [1.29, 1.82) is 0 Å². The highest BCUT2D eigenvalue weighted by Gasteiger charge is 2.46. The van der Waals surface area contributed by atoms with Crippen LogP contribution in [0.15, 0.2) is 12.2 Å². The fourth-order valence-corrected chi connectivity index (χ4v) is 2.63. The van der Waals surface area contributed by atoms with Crippen molar-refractivity contribution in [2.45, 2.75) is 19.4 Å². The number of hydrogen-bond acceptors (Lipinski definition) is 2. The molecule has 1 saturated carbocycles. The molecule has 66 valence electrons. The molecule has 0 saturated heterocycles. The molecular formula is C10H14O2. The number of rotatable bonds is 2. The molecule has 0 heterocycles. The van der Waals surface area contributed by atoms with Gasteiger partial charge in [-0.05, 0) is 19.3 Å². The van der Waals surface area contributed by atoms with Gasteiger partial charge < -0.3 is 4.74 Å². The maximum absolute atomic E-state index is 11.3. The molecule has 0 aliphatic heterocycles. The van der Waals surface area contributed by atoms with E-state index in [-0.39, 0.29) is 17.8 Å². The molecule has 0 radical (unpaired) electrons. The third kappa shape index (κ3) is 0.944. The third-order valence-corrected chi connectivity index (χ3v) is 3.13. The summed E-state index contributed by atoms with van der Waals surface area (Å²) in [6.45, 7) is 1.67. The number of ketones is 1. The molecule has 0 aromatic carbocycles. The van der Waals surface area contributed by atoms with Crippen LogP contribution in [0, 0.1) is 17.8 Å². The van der Waals surface area contributed by atoms with Crippen LogP contribution in [0.5, 0.6) is 0 Å². The number of methoxy groups -OCH3 is 1. The Labute approximate surface area is 72.6 Å². The highest BCUT2D eigenvalue weighted by Crippen LogP contribution is 2.45. The Morgan fingerprint density at radius 3 is 2.58 bits per heavy atom. The summed E-state index contributed by atoms with van der Waals surface area (Å²) in [5, 5.41) is 0. The van der Waals surface area contributed by atoms with Gasteiger partial charge in [0.1, 0.15) is 5.78 Å². The first-order chi connectivity index (χ1) is 5.74. The molecule has 2 aliphatic carbocycles. The van der Waals surface area contributed by atoms with Gasteiger partial charge in [-0.3, -0.25) is 4.79 Å². The van der Waals surface area contributed by atoms with Crippen LogP contribution >= 0.6 is 0 Å². The summed E-state index contributed by atoms with van der Waals surface area (Å²) in [4.78, 5) is 11.3. The molecule has 2 aliphatic rings. The van der Waals surface area contributed by atoms with Crippen molar-refractivity contribution in [1.82, 2.24) is 0 Å². The lowest BCUT2D eigenvalue weighted by Gasteiger charge is -2.24. The minimum atomic E-state index is 0.130. The van der Waals surface area contributed by atoms with Crippen molar-refractivity contribution in [3.8, 4) is 0 Å². The Hall–Kier alpha value is -0.630. The Kier molecular flexibility index (Phi) is 1.80. The summed E-state index contributed by atoms with van der Waals surface area (Å²) < 4.78 is 5.35. The molecular weight excluding hydrogens is 152 g/mol. The minimum Gasteiger partial charge on any atom is -0.380 e. The fraction of sp³-hybridized carbons (Fsp3) is 0.700. The van der Waals surface area contributed by atoms with Gasteiger partial charge in [0.15, 0.2) is 0 Å². The van der Waals surface area contributed by atoms with Gasteiger partial charge in [-0.25, -0.2) is 0 Å². The molecule has 4 unspecified atom stereocenters. The zero-order valence-electron chi connectivity index (χ0n) is 7.49. The Bertz CT molecular complexity index is 232. The molecule has 0 amide bonds. The molecule has 2 heteroatoms. The van der Waals surface area contributed by atoms with Crippen molar-refractivity contribution in [3.05, 3.63) is 12.2 Å². The van der Waals surface area contributed by atoms with E-state index in [9.17, 15) is 4.79 Å². The fourth-order valence-electron chi connectivity index (χ4n) is 2.63. The minimum absolute atomic E-state index is 0.130. The predicted molar refractivity (Wildman–Crippen MR) is 45.7 cm³/mol. The van der Waals surface area contributed by atoms with Gasteiger partial charge in [0, 0.05) is 13.0 Å². The maximum Gasteiger partial charge on any atom is 0.136 e. The van der Waals surface area contributed by atoms with Crippen molar-refractivity contribution < 1.29 is 9.53 Å². The molecule has 4 atom stereocenters. The SMILES string of the molecule is COC1C2C=CC(C2)C1C(C)=O. The van der Waals surface area contributed by atoms with Crippen LogP contribution < -0.4 is 0 Å². The lowest BCUT2D eigenvalue weighted by atomic mass is 9.88. The molecule has 2 bridgehead atoms. The van der Waals surface area contributed by atoms with Crippen LogP contribution in [-0.2, 0) is 9.53 Å². The van der Waals surface area contributed by atoms with Crippen molar-refractivity contribution >= 4 is 5.78 Å². The normalized spacial score (nSPS) is 43.8. The second-order valence-corrected chi connectivity index (χ2v) is 3.79. The lowest BCUT2D eigenvalue weighted by molar-refractivity contribution is -0.125. The number of ether oxygens (including phenoxy) is 1. The second kappa shape index (κ2) is 2.70. The summed E-state index contributed by atoms with van der Waals surface area (Å²) in [6.07, 6.45) is 5.63. The second-order valence-electron chi connectivity index (χ2n) is 3.79. The molecule has 1 fully saturated rings.